The number of anilines is 1. The second-order valence-corrected chi connectivity index (χ2v) is 6.66. The molecule has 0 unspecified atom stereocenters. The standard InChI is InChI=1S/C15H20N2O3S/c1-4-16-11-13-9-10-15(20-13)21(18,19)17(3)14-8-6-5-7-12(14)2/h5-10,16H,4,11H2,1-3H3. The number of sulfonamides is 1. The zero-order chi connectivity index (χ0) is 15.5. The molecule has 0 fully saturated rings. The Hall–Kier alpha value is -1.79. The fourth-order valence-electron chi connectivity index (χ4n) is 2.02. The molecule has 2 rings (SSSR count). The monoisotopic (exact) mass is 308 g/mol. The van der Waals surface area contributed by atoms with Crippen LogP contribution in [0.5, 0.6) is 0 Å². The first-order valence-corrected chi connectivity index (χ1v) is 8.24. The van der Waals surface area contributed by atoms with Gasteiger partial charge >= 0.3 is 0 Å². The van der Waals surface area contributed by atoms with Crippen molar-refractivity contribution in [1.82, 2.24) is 5.32 Å². The summed E-state index contributed by atoms with van der Waals surface area (Å²) in [6.07, 6.45) is 0. The van der Waals surface area contributed by atoms with E-state index >= 15 is 0 Å². The smallest absolute Gasteiger partial charge is 0.297 e. The van der Waals surface area contributed by atoms with Crippen LogP contribution in [0.4, 0.5) is 5.69 Å². The highest BCUT2D eigenvalue weighted by molar-refractivity contribution is 7.92. The largest absolute Gasteiger partial charge is 0.446 e. The summed E-state index contributed by atoms with van der Waals surface area (Å²) in [7, 11) is -2.15. The predicted molar refractivity (Wildman–Crippen MR) is 82.9 cm³/mol. The number of aryl methyl sites for hydroxylation is 1. The van der Waals surface area contributed by atoms with Crippen molar-refractivity contribution in [1.29, 1.82) is 0 Å². The molecule has 0 atom stereocenters. The van der Waals surface area contributed by atoms with E-state index in [1.54, 1.807) is 12.1 Å². The lowest BCUT2D eigenvalue weighted by atomic mass is 10.2. The number of hydrogen-bond acceptors (Lipinski definition) is 4. The maximum absolute atomic E-state index is 12.6. The number of hydrogen-bond donors (Lipinski definition) is 1. The van der Waals surface area contributed by atoms with E-state index in [0.29, 0.717) is 18.0 Å². The van der Waals surface area contributed by atoms with Crippen molar-refractivity contribution in [3.8, 4) is 0 Å². The lowest BCUT2D eigenvalue weighted by Gasteiger charge is -2.19. The van der Waals surface area contributed by atoms with E-state index in [-0.39, 0.29) is 5.09 Å². The van der Waals surface area contributed by atoms with Gasteiger partial charge in [-0.3, -0.25) is 4.31 Å². The Kier molecular flexibility index (Phi) is 4.69. The fraction of sp³-hybridized carbons (Fsp3) is 0.333. The van der Waals surface area contributed by atoms with Gasteiger partial charge in [0.2, 0.25) is 5.09 Å². The highest BCUT2D eigenvalue weighted by Gasteiger charge is 2.25. The lowest BCUT2D eigenvalue weighted by Crippen LogP contribution is -2.26. The Balaban J connectivity index is 2.29. The van der Waals surface area contributed by atoms with E-state index in [4.69, 9.17) is 4.42 Å². The molecular weight excluding hydrogens is 288 g/mol. The van der Waals surface area contributed by atoms with Gasteiger partial charge < -0.3 is 9.73 Å². The van der Waals surface area contributed by atoms with E-state index < -0.39 is 10.0 Å². The lowest BCUT2D eigenvalue weighted by molar-refractivity contribution is 0.404. The summed E-state index contributed by atoms with van der Waals surface area (Å²) >= 11 is 0. The van der Waals surface area contributed by atoms with Crippen LogP contribution in [0.1, 0.15) is 18.2 Å². The summed E-state index contributed by atoms with van der Waals surface area (Å²) in [6.45, 7) is 5.17. The van der Waals surface area contributed by atoms with Gasteiger partial charge in [0.25, 0.3) is 10.0 Å². The third kappa shape index (κ3) is 3.28. The van der Waals surface area contributed by atoms with Crippen molar-refractivity contribution >= 4 is 15.7 Å². The van der Waals surface area contributed by atoms with E-state index in [2.05, 4.69) is 5.32 Å². The number of furan rings is 1. The van der Waals surface area contributed by atoms with Gasteiger partial charge in [0.05, 0.1) is 12.2 Å². The molecule has 1 N–H and O–H groups in total. The molecule has 21 heavy (non-hydrogen) atoms. The molecule has 5 nitrogen and oxygen atoms in total. The van der Waals surface area contributed by atoms with E-state index in [1.807, 2.05) is 32.0 Å². The van der Waals surface area contributed by atoms with Crippen LogP contribution >= 0.6 is 0 Å². The number of benzene rings is 1. The molecular formula is C15H20N2O3S. The second kappa shape index (κ2) is 6.32. The van der Waals surface area contributed by atoms with Crippen LogP contribution in [-0.2, 0) is 16.6 Å². The van der Waals surface area contributed by atoms with Gasteiger partial charge in [-0.2, -0.15) is 8.42 Å². The van der Waals surface area contributed by atoms with Crippen molar-refractivity contribution in [2.75, 3.05) is 17.9 Å². The minimum Gasteiger partial charge on any atom is -0.446 e. The minimum absolute atomic E-state index is 0.0406. The molecule has 0 bridgehead atoms. The first-order valence-electron chi connectivity index (χ1n) is 6.80. The zero-order valence-electron chi connectivity index (χ0n) is 12.5. The molecule has 114 valence electrons. The van der Waals surface area contributed by atoms with Gasteiger partial charge in [-0.25, -0.2) is 0 Å². The van der Waals surface area contributed by atoms with Gasteiger partial charge in [-0.15, -0.1) is 0 Å². The normalized spacial score (nSPS) is 11.6. The average molecular weight is 308 g/mol. The first kappa shape index (κ1) is 15.6. The Morgan fingerprint density at radius 3 is 2.57 bits per heavy atom. The van der Waals surface area contributed by atoms with Crippen molar-refractivity contribution < 1.29 is 12.8 Å². The Bertz CT molecular complexity index is 707. The molecule has 0 radical (unpaired) electrons. The Morgan fingerprint density at radius 1 is 1.19 bits per heavy atom. The maximum Gasteiger partial charge on any atom is 0.297 e. The SMILES string of the molecule is CCNCc1ccc(S(=O)(=O)N(C)c2ccccc2C)o1. The highest BCUT2D eigenvalue weighted by Crippen LogP contribution is 2.25. The predicted octanol–water partition coefficient (Wildman–Crippen LogP) is 2.52. The van der Waals surface area contributed by atoms with E-state index in [0.717, 1.165) is 12.1 Å². The number of rotatable bonds is 6. The third-order valence-corrected chi connectivity index (χ3v) is 4.90. The molecule has 0 aliphatic rings. The molecule has 1 heterocycles. The number of nitrogens with zero attached hydrogens (tertiary/aromatic N) is 1. The molecule has 0 amide bonds. The van der Waals surface area contributed by atoms with Crippen LogP contribution in [0.2, 0.25) is 0 Å². The number of para-hydroxylation sites is 1. The average Bonchev–Trinajstić information content (AvgIpc) is 2.94. The van der Waals surface area contributed by atoms with Gasteiger partial charge in [-0.05, 0) is 37.2 Å². The molecule has 0 aliphatic heterocycles. The van der Waals surface area contributed by atoms with Gasteiger partial charge in [-0.1, -0.05) is 25.1 Å². The van der Waals surface area contributed by atoms with Crippen molar-refractivity contribution in [2.24, 2.45) is 0 Å². The third-order valence-electron chi connectivity index (χ3n) is 3.26. The molecule has 2 aromatic rings. The molecule has 1 aromatic carbocycles. The summed E-state index contributed by atoms with van der Waals surface area (Å²) in [4.78, 5) is 0. The van der Waals surface area contributed by atoms with Crippen LogP contribution < -0.4 is 9.62 Å². The Morgan fingerprint density at radius 2 is 1.90 bits per heavy atom. The van der Waals surface area contributed by atoms with E-state index in [1.165, 1.54) is 17.4 Å². The molecule has 0 spiro atoms. The van der Waals surface area contributed by atoms with E-state index in [9.17, 15) is 8.42 Å². The molecule has 0 saturated carbocycles. The summed E-state index contributed by atoms with van der Waals surface area (Å²) < 4.78 is 31.9. The van der Waals surface area contributed by atoms with Crippen molar-refractivity contribution in [3.05, 3.63) is 47.7 Å². The quantitative estimate of drug-likeness (QED) is 0.890. The van der Waals surface area contributed by atoms with Gasteiger partial charge in [0.15, 0.2) is 0 Å². The topological polar surface area (TPSA) is 62.6 Å². The summed E-state index contributed by atoms with van der Waals surface area (Å²) in [5.74, 6) is 0.605. The fourth-order valence-corrected chi connectivity index (χ4v) is 3.21. The molecule has 0 saturated heterocycles. The van der Waals surface area contributed by atoms with Gasteiger partial charge in [0, 0.05) is 7.05 Å². The molecule has 0 aliphatic carbocycles. The summed E-state index contributed by atoms with van der Waals surface area (Å²) in [5.41, 5.74) is 1.53. The minimum atomic E-state index is -3.68. The summed E-state index contributed by atoms with van der Waals surface area (Å²) in [5, 5.41) is 3.06. The van der Waals surface area contributed by atoms with Gasteiger partial charge in [0.1, 0.15) is 5.76 Å². The molecule has 1 aromatic heterocycles. The van der Waals surface area contributed by atoms with Crippen LogP contribution in [0.3, 0.4) is 0 Å². The number of nitrogens with one attached hydrogen (secondary N) is 1. The maximum atomic E-state index is 12.6. The second-order valence-electron chi connectivity index (χ2n) is 4.76. The van der Waals surface area contributed by atoms with Crippen LogP contribution in [-0.4, -0.2) is 22.0 Å². The van der Waals surface area contributed by atoms with Crippen LogP contribution in [0.25, 0.3) is 0 Å². The Labute approximate surface area is 125 Å². The van der Waals surface area contributed by atoms with Crippen LogP contribution in [0.15, 0.2) is 45.9 Å². The molecule has 6 heteroatoms. The van der Waals surface area contributed by atoms with Crippen molar-refractivity contribution in [2.45, 2.75) is 25.5 Å². The van der Waals surface area contributed by atoms with Crippen LogP contribution in [0, 0.1) is 6.92 Å². The highest BCUT2D eigenvalue weighted by atomic mass is 32.2. The first-order chi connectivity index (χ1) is 9.96. The zero-order valence-corrected chi connectivity index (χ0v) is 13.3. The summed E-state index contributed by atoms with van der Waals surface area (Å²) in [6, 6.07) is 10.5. The van der Waals surface area contributed by atoms with Crippen molar-refractivity contribution in [3.63, 3.8) is 0 Å².